The lowest BCUT2D eigenvalue weighted by molar-refractivity contribution is 0.0618. The van der Waals surface area contributed by atoms with Crippen LogP contribution in [-0.4, -0.2) is 41.5 Å². The molecule has 3 aliphatic heterocycles. The first-order valence-corrected chi connectivity index (χ1v) is 7.17. The summed E-state index contributed by atoms with van der Waals surface area (Å²) in [4.78, 5) is 19.1. The number of rotatable bonds is 2. The summed E-state index contributed by atoms with van der Waals surface area (Å²) in [6, 6.07) is 3.95. The maximum atomic E-state index is 12.4. The minimum atomic E-state index is -0.121. The van der Waals surface area contributed by atoms with Gasteiger partial charge in [0, 0.05) is 24.2 Å². The third-order valence-corrected chi connectivity index (χ3v) is 4.56. The Balaban J connectivity index is 1.57. The number of nitrogens with zero attached hydrogens (tertiary/aromatic N) is 2. The van der Waals surface area contributed by atoms with Crippen LogP contribution in [0.5, 0.6) is 0 Å². The number of pyridine rings is 1. The van der Waals surface area contributed by atoms with Crippen LogP contribution < -0.4 is 5.32 Å². The largest absolute Gasteiger partial charge is 0.462 e. The first-order valence-electron chi connectivity index (χ1n) is 7.17. The average Bonchev–Trinajstić information content (AvgIpc) is 2.96. The van der Waals surface area contributed by atoms with Crippen molar-refractivity contribution in [1.29, 1.82) is 0 Å². The molecule has 3 aliphatic rings. The minimum Gasteiger partial charge on any atom is -0.462 e. The summed E-state index contributed by atoms with van der Waals surface area (Å²) in [6.45, 7) is 3.30. The molecule has 0 spiro atoms. The Hall–Kier alpha value is -1.88. The molecule has 0 saturated carbocycles. The quantitative estimate of drug-likeness (QED) is 0.902. The fourth-order valence-corrected chi connectivity index (χ4v) is 3.42. The smallest absolute Gasteiger partial charge is 0.274 e. The summed E-state index contributed by atoms with van der Waals surface area (Å²) in [5.74, 6) is 0.490. The molecular formula is C15H17N3O2. The summed E-state index contributed by atoms with van der Waals surface area (Å²) < 4.78 is 5.39. The van der Waals surface area contributed by atoms with E-state index in [1.54, 1.807) is 12.5 Å². The number of carbonyl (C=O) groups excluding carboxylic acids is 1. The lowest BCUT2D eigenvalue weighted by Gasteiger charge is -2.44. The maximum Gasteiger partial charge on any atom is 0.274 e. The Morgan fingerprint density at radius 2 is 2.20 bits per heavy atom. The first kappa shape index (κ1) is 11.9. The van der Waals surface area contributed by atoms with Crippen molar-refractivity contribution in [3.63, 3.8) is 0 Å². The topological polar surface area (TPSA) is 58.4 Å². The highest BCUT2D eigenvalue weighted by atomic mass is 16.3. The predicted molar refractivity (Wildman–Crippen MR) is 74.4 cm³/mol. The van der Waals surface area contributed by atoms with E-state index >= 15 is 0 Å². The van der Waals surface area contributed by atoms with Crippen LogP contribution in [0.25, 0.3) is 11.0 Å². The van der Waals surface area contributed by atoms with Crippen molar-refractivity contribution < 1.29 is 9.21 Å². The number of carbonyl (C=O) groups is 1. The molecule has 0 radical (unpaired) electrons. The third kappa shape index (κ3) is 1.89. The van der Waals surface area contributed by atoms with E-state index in [9.17, 15) is 4.79 Å². The van der Waals surface area contributed by atoms with Crippen molar-refractivity contribution >= 4 is 16.9 Å². The van der Waals surface area contributed by atoms with Gasteiger partial charge in [-0.2, -0.15) is 0 Å². The minimum absolute atomic E-state index is 0.121. The Bertz CT molecular complexity index is 643. The van der Waals surface area contributed by atoms with E-state index in [4.69, 9.17) is 4.42 Å². The fraction of sp³-hybridized carbons (Fsp3) is 0.467. The van der Waals surface area contributed by atoms with E-state index in [0.717, 1.165) is 11.9 Å². The maximum absolute atomic E-state index is 12.4. The van der Waals surface area contributed by atoms with Gasteiger partial charge >= 0.3 is 0 Å². The summed E-state index contributed by atoms with van der Waals surface area (Å²) in [6.07, 6.45) is 5.62. The average molecular weight is 271 g/mol. The van der Waals surface area contributed by atoms with Gasteiger partial charge in [-0.25, -0.2) is 4.98 Å². The van der Waals surface area contributed by atoms with Crippen LogP contribution in [0.1, 0.15) is 23.3 Å². The standard InChI is InChI=1S/C15H17N3O2/c19-15(13-14-11(1-5-16-13)4-8-20-14)17-12-9-18-6-2-10(12)3-7-18/h1,4-5,8,10,12H,2-3,6-7,9H2,(H,17,19)/t12-/m1/s1. The Labute approximate surface area is 117 Å². The van der Waals surface area contributed by atoms with Gasteiger partial charge in [0.1, 0.15) is 0 Å². The lowest BCUT2D eigenvalue weighted by Crippen LogP contribution is -2.57. The van der Waals surface area contributed by atoms with Gasteiger partial charge in [-0.1, -0.05) is 0 Å². The molecule has 5 heterocycles. The van der Waals surface area contributed by atoms with Crippen molar-refractivity contribution in [1.82, 2.24) is 15.2 Å². The zero-order valence-corrected chi connectivity index (χ0v) is 11.2. The van der Waals surface area contributed by atoms with Crippen LogP contribution in [-0.2, 0) is 0 Å². The van der Waals surface area contributed by atoms with Crippen LogP contribution in [0.3, 0.4) is 0 Å². The first-order chi connectivity index (χ1) is 9.81. The molecule has 3 saturated heterocycles. The van der Waals surface area contributed by atoms with E-state index in [1.807, 2.05) is 12.1 Å². The molecule has 3 fully saturated rings. The molecular weight excluding hydrogens is 254 g/mol. The van der Waals surface area contributed by atoms with Gasteiger partial charge in [0.2, 0.25) is 0 Å². The molecule has 1 amide bonds. The fourth-order valence-electron chi connectivity index (χ4n) is 3.42. The molecule has 2 bridgehead atoms. The lowest BCUT2D eigenvalue weighted by atomic mass is 9.84. The highest BCUT2D eigenvalue weighted by molar-refractivity contribution is 6.02. The van der Waals surface area contributed by atoms with Gasteiger partial charge in [-0.15, -0.1) is 0 Å². The Morgan fingerprint density at radius 3 is 2.95 bits per heavy atom. The third-order valence-electron chi connectivity index (χ3n) is 4.56. The summed E-state index contributed by atoms with van der Waals surface area (Å²) in [5.41, 5.74) is 0.968. The monoisotopic (exact) mass is 271 g/mol. The Kier molecular flexibility index (Phi) is 2.73. The summed E-state index contributed by atoms with van der Waals surface area (Å²) in [5, 5.41) is 4.06. The van der Waals surface area contributed by atoms with E-state index in [1.165, 1.54) is 25.9 Å². The van der Waals surface area contributed by atoms with Gasteiger partial charge in [0.15, 0.2) is 11.3 Å². The number of nitrogens with one attached hydrogen (secondary N) is 1. The van der Waals surface area contributed by atoms with Gasteiger partial charge in [-0.3, -0.25) is 4.79 Å². The van der Waals surface area contributed by atoms with E-state index in [2.05, 4.69) is 15.2 Å². The summed E-state index contributed by atoms with van der Waals surface area (Å²) >= 11 is 0. The van der Waals surface area contributed by atoms with Crippen molar-refractivity contribution in [2.45, 2.75) is 18.9 Å². The molecule has 5 heteroatoms. The van der Waals surface area contributed by atoms with Crippen LogP contribution >= 0.6 is 0 Å². The molecule has 104 valence electrons. The second kappa shape index (κ2) is 4.59. The second-order valence-electron chi connectivity index (χ2n) is 5.72. The molecule has 20 heavy (non-hydrogen) atoms. The number of piperidine rings is 3. The number of fused-ring (bicyclic) bond motifs is 4. The number of amides is 1. The van der Waals surface area contributed by atoms with Crippen LogP contribution in [0.15, 0.2) is 29.0 Å². The summed E-state index contributed by atoms with van der Waals surface area (Å²) in [7, 11) is 0. The van der Waals surface area contributed by atoms with Gasteiger partial charge < -0.3 is 14.6 Å². The molecule has 5 nitrogen and oxygen atoms in total. The SMILES string of the molecule is O=C(N[C@@H]1CN2CCC1CC2)c1nccc2ccoc12. The van der Waals surface area contributed by atoms with Crippen LogP contribution in [0.2, 0.25) is 0 Å². The highest BCUT2D eigenvalue weighted by Crippen LogP contribution is 2.28. The van der Waals surface area contributed by atoms with Crippen molar-refractivity contribution in [3.8, 4) is 0 Å². The van der Waals surface area contributed by atoms with E-state index in [0.29, 0.717) is 17.2 Å². The van der Waals surface area contributed by atoms with Gasteiger partial charge in [-0.05, 0) is 44.0 Å². The van der Waals surface area contributed by atoms with Crippen molar-refractivity contribution in [2.75, 3.05) is 19.6 Å². The molecule has 0 aliphatic carbocycles. The Morgan fingerprint density at radius 1 is 1.35 bits per heavy atom. The highest BCUT2D eigenvalue weighted by Gasteiger charge is 2.35. The van der Waals surface area contributed by atoms with E-state index in [-0.39, 0.29) is 11.9 Å². The molecule has 1 N–H and O–H groups in total. The van der Waals surface area contributed by atoms with Gasteiger partial charge in [0.25, 0.3) is 5.91 Å². The van der Waals surface area contributed by atoms with Crippen LogP contribution in [0, 0.1) is 5.92 Å². The number of aromatic nitrogens is 1. The van der Waals surface area contributed by atoms with E-state index < -0.39 is 0 Å². The number of hydrogen-bond donors (Lipinski definition) is 1. The molecule has 2 aromatic heterocycles. The molecule has 1 atom stereocenters. The zero-order valence-electron chi connectivity index (χ0n) is 11.2. The normalized spacial score (nSPS) is 28.7. The molecule has 0 unspecified atom stereocenters. The van der Waals surface area contributed by atoms with Gasteiger partial charge in [0.05, 0.1) is 6.26 Å². The second-order valence-corrected chi connectivity index (χ2v) is 5.72. The van der Waals surface area contributed by atoms with Crippen LogP contribution in [0.4, 0.5) is 0 Å². The molecule has 0 aromatic carbocycles. The van der Waals surface area contributed by atoms with Crippen molar-refractivity contribution in [3.05, 3.63) is 30.3 Å². The zero-order chi connectivity index (χ0) is 13.5. The molecule has 5 rings (SSSR count). The molecule has 2 aromatic rings. The number of furan rings is 1. The predicted octanol–water partition coefficient (Wildman–Crippen LogP) is 1.65. The number of hydrogen-bond acceptors (Lipinski definition) is 4. The van der Waals surface area contributed by atoms with Crippen molar-refractivity contribution in [2.24, 2.45) is 5.92 Å².